The summed E-state index contributed by atoms with van der Waals surface area (Å²) in [4.78, 5) is 24.1. The molecule has 13 nitrogen and oxygen atoms in total. The highest BCUT2D eigenvalue weighted by atomic mass is 16.8. The Morgan fingerprint density at radius 3 is 2.42 bits per heavy atom. The quantitative estimate of drug-likeness (QED) is 0.116. The van der Waals surface area contributed by atoms with Crippen molar-refractivity contribution >= 4 is 18.0 Å². The molecule has 4 rings (SSSR count). The van der Waals surface area contributed by atoms with Gasteiger partial charge in [0.05, 0.1) is 24.4 Å². The molecule has 9 atom stereocenters. The molecule has 0 amide bonds. The van der Waals surface area contributed by atoms with Crippen molar-refractivity contribution in [3.05, 3.63) is 59.9 Å². The molecular formula is C25H28O13. The SMILES string of the molecule is O=C(C=Cc1ccc(O)cc1)OC[C@]1(O)C=C[C@H]2C(C(=O)O)=CO[C@@H](O[C@H]3O[C@H](CO)[C@@H](O)[C@H](O)[C@H]3O)[C@@H]21. The molecule has 1 aromatic carbocycles. The van der Waals surface area contributed by atoms with E-state index in [9.17, 15) is 45.3 Å². The topological polar surface area (TPSA) is 213 Å². The standard InChI is InChI=1S/C25H28O13/c26-9-16-19(29)20(30)21(31)24(37-16)38-23-18-14(15(10-35-23)22(32)33)7-8-25(18,34)11-36-17(28)6-3-12-1-4-13(27)5-2-12/h1-8,10,14,16,18-21,23-24,26-27,29-31,34H,9,11H2,(H,32,33)/t14-,16+,18+,19+,20-,21+,23-,24+,25+/m0/s1. The van der Waals surface area contributed by atoms with Crippen LogP contribution in [0.1, 0.15) is 5.56 Å². The van der Waals surface area contributed by atoms with Gasteiger partial charge in [-0.3, -0.25) is 0 Å². The Bertz CT molecular complexity index is 1110. The van der Waals surface area contributed by atoms with E-state index in [1.807, 2.05) is 0 Å². The first-order valence-corrected chi connectivity index (χ1v) is 11.6. The number of phenolic OH excluding ortho intramolecular Hbond substituents is 1. The predicted molar refractivity (Wildman–Crippen MR) is 125 cm³/mol. The first-order chi connectivity index (χ1) is 18.0. The van der Waals surface area contributed by atoms with E-state index in [0.29, 0.717) is 5.56 Å². The average Bonchev–Trinajstić information content (AvgIpc) is 3.25. The molecule has 1 aliphatic carbocycles. The van der Waals surface area contributed by atoms with Crippen LogP contribution in [0.15, 0.2) is 54.3 Å². The highest BCUT2D eigenvalue weighted by Gasteiger charge is 2.56. The minimum absolute atomic E-state index is 0.0551. The van der Waals surface area contributed by atoms with Gasteiger partial charge in [0, 0.05) is 12.0 Å². The van der Waals surface area contributed by atoms with Crippen LogP contribution < -0.4 is 0 Å². The summed E-state index contributed by atoms with van der Waals surface area (Å²) in [5.74, 6) is -4.23. The van der Waals surface area contributed by atoms with E-state index in [1.54, 1.807) is 12.1 Å². The number of carbonyl (C=O) groups is 2. The lowest BCUT2D eigenvalue weighted by molar-refractivity contribution is -0.346. The Hall–Kier alpha value is -3.30. The van der Waals surface area contributed by atoms with Crippen LogP contribution in [0.3, 0.4) is 0 Å². The molecule has 2 heterocycles. The second-order valence-electron chi connectivity index (χ2n) is 9.15. The van der Waals surface area contributed by atoms with Crippen molar-refractivity contribution in [3.8, 4) is 5.75 Å². The summed E-state index contributed by atoms with van der Waals surface area (Å²) in [6.07, 6.45) is -3.40. The third kappa shape index (κ3) is 5.59. The number of ether oxygens (including phenoxy) is 4. The van der Waals surface area contributed by atoms with Crippen molar-refractivity contribution < 1.29 is 64.3 Å². The van der Waals surface area contributed by atoms with Gasteiger partial charge in [-0.2, -0.15) is 0 Å². The molecule has 1 aromatic rings. The van der Waals surface area contributed by atoms with Crippen molar-refractivity contribution in [1.29, 1.82) is 0 Å². The molecule has 0 aromatic heterocycles. The van der Waals surface area contributed by atoms with Crippen LogP contribution in [0.5, 0.6) is 5.75 Å². The first kappa shape index (κ1) is 27.7. The van der Waals surface area contributed by atoms with E-state index in [1.165, 1.54) is 30.4 Å². The summed E-state index contributed by atoms with van der Waals surface area (Å²) in [7, 11) is 0. The maximum absolute atomic E-state index is 12.3. The molecule has 7 N–H and O–H groups in total. The van der Waals surface area contributed by atoms with Crippen LogP contribution in [0.25, 0.3) is 6.08 Å². The number of esters is 1. The van der Waals surface area contributed by atoms with E-state index < -0.39 is 79.6 Å². The van der Waals surface area contributed by atoms with E-state index in [-0.39, 0.29) is 11.3 Å². The summed E-state index contributed by atoms with van der Waals surface area (Å²) in [6, 6.07) is 6.00. The summed E-state index contributed by atoms with van der Waals surface area (Å²) in [6.45, 7) is -1.32. The summed E-state index contributed by atoms with van der Waals surface area (Å²) < 4.78 is 21.6. The smallest absolute Gasteiger partial charge is 0.335 e. The van der Waals surface area contributed by atoms with Gasteiger partial charge in [0.1, 0.15) is 42.4 Å². The Morgan fingerprint density at radius 1 is 1.05 bits per heavy atom. The van der Waals surface area contributed by atoms with Gasteiger partial charge in [0.2, 0.25) is 6.29 Å². The summed E-state index contributed by atoms with van der Waals surface area (Å²) in [5, 5.41) is 70.1. The van der Waals surface area contributed by atoms with Crippen LogP contribution in [0.4, 0.5) is 0 Å². The second-order valence-corrected chi connectivity index (χ2v) is 9.15. The van der Waals surface area contributed by atoms with Crippen molar-refractivity contribution in [2.75, 3.05) is 13.2 Å². The van der Waals surface area contributed by atoms with Gasteiger partial charge in [-0.1, -0.05) is 24.3 Å². The van der Waals surface area contributed by atoms with Gasteiger partial charge in [-0.05, 0) is 23.8 Å². The molecule has 0 unspecified atom stereocenters. The number of rotatable bonds is 8. The fourth-order valence-electron chi connectivity index (χ4n) is 4.57. The van der Waals surface area contributed by atoms with Crippen molar-refractivity contribution in [1.82, 2.24) is 0 Å². The Kier molecular flexibility index (Phi) is 8.18. The van der Waals surface area contributed by atoms with Crippen LogP contribution in [0, 0.1) is 11.8 Å². The highest BCUT2D eigenvalue weighted by molar-refractivity contribution is 5.88. The zero-order valence-corrected chi connectivity index (χ0v) is 19.8. The van der Waals surface area contributed by atoms with Gasteiger partial charge in [0.25, 0.3) is 0 Å². The molecule has 1 saturated heterocycles. The Balaban J connectivity index is 1.50. The number of aromatic hydroxyl groups is 1. The van der Waals surface area contributed by atoms with Crippen molar-refractivity contribution in [2.24, 2.45) is 11.8 Å². The lowest BCUT2D eigenvalue weighted by atomic mass is 9.79. The third-order valence-electron chi connectivity index (χ3n) is 6.65. The number of hydrogen-bond donors (Lipinski definition) is 7. The zero-order valence-electron chi connectivity index (χ0n) is 19.8. The van der Waals surface area contributed by atoms with E-state index >= 15 is 0 Å². The molecule has 0 radical (unpaired) electrons. The molecule has 0 spiro atoms. The largest absolute Gasteiger partial charge is 0.508 e. The molecular weight excluding hydrogens is 508 g/mol. The number of allylic oxidation sites excluding steroid dienone is 1. The highest BCUT2D eigenvalue weighted by Crippen LogP contribution is 2.45. The van der Waals surface area contributed by atoms with Crippen LogP contribution >= 0.6 is 0 Å². The lowest BCUT2D eigenvalue weighted by Crippen LogP contribution is -2.61. The van der Waals surface area contributed by atoms with Gasteiger partial charge in [-0.25, -0.2) is 9.59 Å². The second kappa shape index (κ2) is 11.2. The molecule has 2 aliphatic heterocycles. The summed E-state index contributed by atoms with van der Waals surface area (Å²) in [5.41, 5.74) is -1.58. The molecule has 1 fully saturated rings. The lowest BCUT2D eigenvalue weighted by Gasteiger charge is -2.44. The fourth-order valence-corrected chi connectivity index (χ4v) is 4.57. The number of aliphatic hydroxyl groups is 5. The maximum Gasteiger partial charge on any atom is 0.335 e. The zero-order chi connectivity index (χ0) is 27.6. The minimum Gasteiger partial charge on any atom is -0.508 e. The first-order valence-electron chi connectivity index (χ1n) is 11.6. The van der Waals surface area contributed by atoms with E-state index in [0.717, 1.165) is 12.3 Å². The number of hydrogen-bond acceptors (Lipinski definition) is 12. The fraction of sp³-hybridized carbons (Fsp3) is 0.440. The minimum atomic E-state index is -1.97. The number of benzene rings is 1. The number of carboxylic acid groups (broad SMARTS) is 1. The molecule has 206 valence electrons. The predicted octanol–water partition coefficient (Wildman–Crippen LogP) is -1.38. The summed E-state index contributed by atoms with van der Waals surface area (Å²) >= 11 is 0. The van der Waals surface area contributed by atoms with Gasteiger partial charge in [-0.15, -0.1) is 0 Å². The number of fused-ring (bicyclic) bond motifs is 1. The van der Waals surface area contributed by atoms with Gasteiger partial charge >= 0.3 is 11.9 Å². The number of phenols is 1. The molecule has 0 saturated carbocycles. The number of carbonyl (C=O) groups excluding carboxylic acids is 1. The molecule has 3 aliphatic rings. The third-order valence-corrected chi connectivity index (χ3v) is 6.65. The van der Waals surface area contributed by atoms with Gasteiger partial charge in [0.15, 0.2) is 6.29 Å². The number of carboxylic acids is 1. The van der Waals surface area contributed by atoms with Crippen LogP contribution in [-0.4, -0.2) is 103 Å². The maximum atomic E-state index is 12.3. The van der Waals surface area contributed by atoms with Crippen LogP contribution in [-0.2, 0) is 28.5 Å². The van der Waals surface area contributed by atoms with Gasteiger partial charge < -0.3 is 54.7 Å². The van der Waals surface area contributed by atoms with E-state index in [2.05, 4.69) is 0 Å². The van der Waals surface area contributed by atoms with Crippen LogP contribution in [0.2, 0.25) is 0 Å². The molecule has 13 heteroatoms. The van der Waals surface area contributed by atoms with E-state index in [4.69, 9.17) is 18.9 Å². The molecule has 38 heavy (non-hydrogen) atoms. The number of aliphatic carboxylic acids is 1. The number of aliphatic hydroxyl groups excluding tert-OH is 4. The Labute approximate surface area is 216 Å². The molecule has 0 bridgehead atoms. The average molecular weight is 536 g/mol. The monoisotopic (exact) mass is 536 g/mol. The normalized spacial score (nSPS) is 36.4. The van der Waals surface area contributed by atoms with Crippen molar-refractivity contribution in [3.63, 3.8) is 0 Å². The Morgan fingerprint density at radius 2 is 1.76 bits per heavy atom. The van der Waals surface area contributed by atoms with Crippen molar-refractivity contribution in [2.45, 2.75) is 42.6 Å².